The van der Waals surface area contributed by atoms with E-state index in [2.05, 4.69) is 21.1 Å². The number of piperidine rings is 2. The molecule has 4 saturated heterocycles. The van der Waals surface area contributed by atoms with E-state index in [9.17, 15) is 9.59 Å². The number of rotatable bonds is 4. The molecule has 3 N–H and O–H groups in total. The molecule has 0 aromatic carbocycles. The second kappa shape index (κ2) is 8.98. The lowest BCUT2D eigenvalue weighted by molar-refractivity contribution is -0.127. The smallest absolute Gasteiger partial charge is 0.410 e. The number of nitrogens with zero attached hydrogens (tertiary/aromatic N) is 2. The summed E-state index contributed by atoms with van der Waals surface area (Å²) in [6, 6.07) is 0.265. The minimum atomic E-state index is -0.468. The molecule has 4 rings (SSSR count). The number of ether oxygens (including phenoxy) is 2. The van der Waals surface area contributed by atoms with Gasteiger partial charge >= 0.3 is 6.09 Å². The maximum absolute atomic E-state index is 12.8. The van der Waals surface area contributed by atoms with Crippen molar-refractivity contribution in [3.05, 3.63) is 0 Å². The molecule has 170 valence electrons. The van der Waals surface area contributed by atoms with Crippen LogP contribution in [0.1, 0.15) is 46.5 Å². The fourth-order valence-corrected chi connectivity index (χ4v) is 4.77. The zero-order valence-corrected chi connectivity index (χ0v) is 18.5. The summed E-state index contributed by atoms with van der Waals surface area (Å²) in [7, 11) is 0. The molecule has 0 saturated carbocycles. The van der Waals surface area contributed by atoms with Crippen LogP contribution in [0.3, 0.4) is 0 Å². The molecule has 0 radical (unpaired) electrons. The lowest BCUT2D eigenvalue weighted by Crippen LogP contribution is -2.63. The van der Waals surface area contributed by atoms with Crippen LogP contribution >= 0.6 is 0 Å². The van der Waals surface area contributed by atoms with Crippen molar-refractivity contribution in [1.82, 2.24) is 26.0 Å². The van der Waals surface area contributed by atoms with Gasteiger partial charge in [-0.1, -0.05) is 0 Å². The Morgan fingerprint density at radius 2 is 1.87 bits per heavy atom. The van der Waals surface area contributed by atoms with E-state index in [4.69, 9.17) is 9.47 Å². The topological polar surface area (TPSA) is 95.2 Å². The quantitative estimate of drug-likeness (QED) is 0.612. The third kappa shape index (κ3) is 5.07. The summed E-state index contributed by atoms with van der Waals surface area (Å²) in [5.41, 5.74) is 3.02. The summed E-state index contributed by atoms with van der Waals surface area (Å²) >= 11 is 0. The fourth-order valence-electron chi connectivity index (χ4n) is 4.77. The third-order valence-electron chi connectivity index (χ3n) is 6.64. The SMILES string of the molecule is CC(C)(C)OC(=O)N1CCC(CNC(=O)C2CCC3CNN(C4COC4)C3N2)CC1. The van der Waals surface area contributed by atoms with Gasteiger partial charge in [-0.3, -0.25) is 15.5 Å². The largest absolute Gasteiger partial charge is 0.444 e. The lowest BCUT2D eigenvalue weighted by Gasteiger charge is -2.42. The number of nitrogens with one attached hydrogen (secondary N) is 3. The van der Waals surface area contributed by atoms with Crippen molar-refractivity contribution in [2.24, 2.45) is 11.8 Å². The summed E-state index contributed by atoms with van der Waals surface area (Å²) in [5.74, 6) is 1.05. The van der Waals surface area contributed by atoms with Crippen molar-refractivity contribution >= 4 is 12.0 Å². The van der Waals surface area contributed by atoms with E-state index in [1.165, 1.54) is 0 Å². The minimum Gasteiger partial charge on any atom is -0.444 e. The lowest BCUT2D eigenvalue weighted by atomic mass is 9.91. The van der Waals surface area contributed by atoms with Gasteiger partial charge in [0.15, 0.2) is 0 Å². The van der Waals surface area contributed by atoms with Crippen molar-refractivity contribution in [3.63, 3.8) is 0 Å². The van der Waals surface area contributed by atoms with Gasteiger partial charge in [0.2, 0.25) is 5.91 Å². The van der Waals surface area contributed by atoms with Crippen LogP contribution in [-0.2, 0) is 14.3 Å². The Morgan fingerprint density at radius 1 is 1.13 bits per heavy atom. The van der Waals surface area contributed by atoms with Crippen LogP contribution in [0.4, 0.5) is 4.79 Å². The molecule has 0 aromatic rings. The summed E-state index contributed by atoms with van der Waals surface area (Å²) in [4.78, 5) is 26.8. The molecule has 2 amide bonds. The van der Waals surface area contributed by atoms with Crippen molar-refractivity contribution in [2.75, 3.05) is 39.4 Å². The molecular formula is C21H37N5O4. The Kier molecular flexibility index (Phi) is 6.53. The highest BCUT2D eigenvalue weighted by atomic mass is 16.6. The number of hydrogen-bond acceptors (Lipinski definition) is 7. The number of carbonyl (C=O) groups is 2. The van der Waals surface area contributed by atoms with E-state index in [0.717, 1.165) is 45.4 Å². The fraction of sp³-hybridized carbons (Fsp3) is 0.905. The van der Waals surface area contributed by atoms with Gasteiger partial charge in [0.05, 0.1) is 31.5 Å². The molecule has 0 aliphatic carbocycles. The Morgan fingerprint density at radius 3 is 2.50 bits per heavy atom. The van der Waals surface area contributed by atoms with E-state index in [1.54, 1.807) is 4.90 Å². The highest BCUT2D eigenvalue weighted by molar-refractivity contribution is 5.81. The normalized spacial score (nSPS) is 31.2. The predicted molar refractivity (Wildman–Crippen MR) is 111 cm³/mol. The molecule has 3 unspecified atom stereocenters. The maximum atomic E-state index is 12.8. The first-order valence-electron chi connectivity index (χ1n) is 11.4. The van der Waals surface area contributed by atoms with Crippen LogP contribution in [-0.4, -0.2) is 85.2 Å². The van der Waals surface area contributed by atoms with Crippen LogP contribution in [0.25, 0.3) is 0 Å². The van der Waals surface area contributed by atoms with Crippen molar-refractivity contribution in [2.45, 2.75) is 70.3 Å². The number of fused-ring (bicyclic) bond motifs is 1. The molecule has 9 nitrogen and oxygen atoms in total. The molecule has 0 bridgehead atoms. The van der Waals surface area contributed by atoms with Gasteiger partial charge in [-0.15, -0.1) is 0 Å². The number of hydrazine groups is 1. The second-order valence-corrected chi connectivity index (χ2v) is 10.1. The molecule has 4 aliphatic rings. The monoisotopic (exact) mass is 423 g/mol. The van der Waals surface area contributed by atoms with Crippen molar-refractivity contribution in [1.29, 1.82) is 0 Å². The number of amides is 2. The molecule has 30 heavy (non-hydrogen) atoms. The first-order valence-corrected chi connectivity index (χ1v) is 11.4. The van der Waals surface area contributed by atoms with E-state index in [-0.39, 0.29) is 24.2 Å². The zero-order valence-electron chi connectivity index (χ0n) is 18.5. The van der Waals surface area contributed by atoms with Crippen LogP contribution in [0.5, 0.6) is 0 Å². The molecule has 9 heteroatoms. The molecular weight excluding hydrogens is 386 g/mol. The van der Waals surface area contributed by atoms with E-state index < -0.39 is 5.60 Å². The minimum absolute atomic E-state index is 0.0970. The van der Waals surface area contributed by atoms with Crippen molar-refractivity contribution in [3.8, 4) is 0 Å². The summed E-state index contributed by atoms with van der Waals surface area (Å²) in [5, 5.41) is 8.99. The first kappa shape index (κ1) is 21.8. The molecule has 4 aliphatic heterocycles. The van der Waals surface area contributed by atoms with Gasteiger partial charge in [-0.2, -0.15) is 0 Å². The highest BCUT2D eigenvalue weighted by Crippen LogP contribution is 2.29. The number of hydrogen-bond donors (Lipinski definition) is 3. The Bertz CT molecular complexity index is 627. The Balaban J connectivity index is 1.19. The first-order chi connectivity index (χ1) is 14.3. The highest BCUT2D eigenvalue weighted by Gasteiger charge is 2.44. The Hall–Kier alpha value is -1.42. The van der Waals surface area contributed by atoms with Gasteiger partial charge in [0.1, 0.15) is 5.60 Å². The maximum Gasteiger partial charge on any atom is 0.410 e. The molecule has 4 fully saturated rings. The summed E-state index contributed by atoms with van der Waals surface area (Å²) in [6.45, 7) is 10.2. The molecule has 0 spiro atoms. The third-order valence-corrected chi connectivity index (χ3v) is 6.64. The molecule has 4 heterocycles. The van der Waals surface area contributed by atoms with Gasteiger partial charge in [0.25, 0.3) is 0 Å². The van der Waals surface area contributed by atoms with Gasteiger partial charge in [-0.05, 0) is 52.4 Å². The molecule has 0 aromatic heterocycles. The molecule has 3 atom stereocenters. The average Bonchev–Trinajstić information content (AvgIpc) is 3.06. The van der Waals surface area contributed by atoms with E-state index in [1.807, 2.05) is 20.8 Å². The number of likely N-dealkylation sites (tertiary alicyclic amines) is 1. The van der Waals surface area contributed by atoms with Crippen LogP contribution in [0.15, 0.2) is 0 Å². The van der Waals surface area contributed by atoms with Crippen molar-refractivity contribution < 1.29 is 19.1 Å². The van der Waals surface area contributed by atoms with E-state index >= 15 is 0 Å². The standard InChI is InChI=1S/C21H37N5O4/c1-21(2,3)30-20(28)25-8-6-14(7-9-25)10-22-19(27)17-5-4-15-11-23-26(18(15)24-17)16-12-29-13-16/h14-18,23-24H,4-13H2,1-3H3,(H,22,27). The van der Waals surface area contributed by atoms with Gasteiger partial charge < -0.3 is 19.7 Å². The number of carbonyl (C=O) groups excluding carboxylic acids is 2. The predicted octanol–water partition coefficient (Wildman–Crippen LogP) is 0.663. The van der Waals surface area contributed by atoms with Gasteiger partial charge in [-0.25, -0.2) is 9.80 Å². The van der Waals surface area contributed by atoms with E-state index in [0.29, 0.717) is 37.5 Å². The zero-order chi connectivity index (χ0) is 21.3. The Labute approximate surface area is 179 Å². The second-order valence-electron chi connectivity index (χ2n) is 10.1. The average molecular weight is 424 g/mol. The van der Waals surface area contributed by atoms with Gasteiger partial charge in [0, 0.05) is 32.1 Å². The van der Waals surface area contributed by atoms with Crippen LogP contribution < -0.4 is 16.1 Å². The van der Waals surface area contributed by atoms with Crippen LogP contribution in [0, 0.1) is 11.8 Å². The van der Waals surface area contributed by atoms with Crippen LogP contribution in [0.2, 0.25) is 0 Å². The summed E-state index contributed by atoms with van der Waals surface area (Å²) < 4.78 is 10.8. The summed E-state index contributed by atoms with van der Waals surface area (Å²) in [6.07, 6.45) is 3.68.